The predicted octanol–water partition coefficient (Wildman–Crippen LogP) is 13.3. The van der Waals surface area contributed by atoms with Crippen molar-refractivity contribution in [1.82, 2.24) is 15.0 Å². The van der Waals surface area contributed by atoms with Crippen molar-refractivity contribution in [2.75, 3.05) is 0 Å². The summed E-state index contributed by atoms with van der Waals surface area (Å²) in [5.41, 5.74) is 6.12. The van der Waals surface area contributed by atoms with E-state index in [4.69, 9.17) is 23.8 Å². The molecule has 0 radical (unpaired) electrons. The number of hydrogen-bond acceptors (Lipinski definition) is 6. The standard InChI is InChI=1S/C47H25N3O2S/c1-2-11-28-23-29(18-17-26(28)9-1)45-48-46(30-19-21-33-39(24-30)51-38-22-20-27-10-3-4-12-31(27)41(33)38)50-47(49-45)36-25-35-32-13-5-7-15-37(32)52-43(35)42-34-14-6-8-16-40(34)53-44(36)42/h1-25H. The Morgan fingerprint density at radius 1 is 0.396 bits per heavy atom. The molecule has 0 amide bonds. The second kappa shape index (κ2) is 10.8. The third-order valence-corrected chi connectivity index (χ3v) is 11.7. The number of thiophene rings is 1. The first kappa shape index (κ1) is 28.8. The first-order chi connectivity index (χ1) is 26.2. The number of para-hydroxylation sites is 1. The average Bonchev–Trinajstić information content (AvgIpc) is 3.91. The van der Waals surface area contributed by atoms with Gasteiger partial charge in [0.15, 0.2) is 17.5 Å². The molecule has 12 aromatic rings. The summed E-state index contributed by atoms with van der Waals surface area (Å²) in [6.07, 6.45) is 0. The molecule has 0 aliphatic rings. The van der Waals surface area contributed by atoms with Crippen molar-refractivity contribution in [1.29, 1.82) is 0 Å². The SMILES string of the molecule is c1ccc2cc(-c3nc(-c4ccc5c(c4)oc4ccc6ccccc6c45)nc(-c4cc5c6ccccc6oc5c5c4sc4ccccc45)n3)ccc2c1. The lowest BCUT2D eigenvalue weighted by molar-refractivity contribution is 0.669. The van der Waals surface area contributed by atoms with Gasteiger partial charge in [0.2, 0.25) is 0 Å². The molecule has 0 N–H and O–H groups in total. The highest BCUT2D eigenvalue weighted by molar-refractivity contribution is 7.26. The smallest absolute Gasteiger partial charge is 0.165 e. The highest BCUT2D eigenvalue weighted by Gasteiger charge is 2.22. The van der Waals surface area contributed by atoms with Gasteiger partial charge < -0.3 is 8.83 Å². The summed E-state index contributed by atoms with van der Waals surface area (Å²) in [6, 6.07) is 52.6. The van der Waals surface area contributed by atoms with E-state index in [0.717, 1.165) is 86.8 Å². The summed E-state index contributed by atoms with van der Waals surface area (Å²) >= 11 is 1.74. The molecule has 0 aliphatic carbocycles. The quantitative estimate of drug-likeness (QED) is 0.184. The monoisotopic (exact) mass is 695 g/mol. The van der Waals surface area contributed by atoms with Crippen molar-refractivity contribution >= 4 is 96.9 Å². The van der Waals surface area contributed by atoms with Crippen LogP contribution < -0.4 is 0 Å². The highest BCUT2D eigenvalue weighted by atomic mass is 32.1. The molecule has 0 bridgehead atoms. The summed E-state index contributed by atoms with van der Waals surface area (Å²) in [5, 5.41) is 11.2. The summed E-state index contributed by atoms with van der Waals surface area (Å²) < 4.78 is 15.3. The van der Waals surface area contributed by atoms with E-state index in [0.29, 0.717) is 17.5 Å². The van der Waals surface area contributed by atoms with Crippen LogP contribution in [-0.4, -0.2) is 15.0 Å². The predicted molar refractivity (Wildman–Crippen MR) is 219 cm³/mol. The van der Waals surface area contributed by atoms with Crippen molar-refractivity contribution in [3.63, 3.8) is 0 Å². The number of hydrogen-bond donors (Lipinski definition) is 0. The minimum atomic E-state index is 0.580. The number of aromatic nitrogens is 3. The van der Waals surface area contributed by atoms with Gasteiger partial charge in [-0.3, -0.25) is 0 Å². The molecule has 12 rings (SSSR count). The van der Waals surface area contributed by atoms with Crippen LogP contribution in [0.3, 0.4) is 0 Å². The zero-order valence-electron chi connectivity index (χ0n) is 28.0. The molecule has 0 fully saturated rings. The lowest BCUT2D eigenvalue weighted by Gasteiger charge is -2.10. The summed E-state index contributed by atoms with van der Waals surface area (Å²) in [7, 11) is 0. The molecule has 6 heteroatoms. The Hall–Kier alpha value is -6.89. The number of furan rings is 2. The molecule has 4 aromatic heterocycles. The van der Waals surface area contributed by atoms with Gasteiger partial charge in [-0.2, -0.15) is 0 Å². The number of nitrogens with zero attached hydrogens (tertiary/aromatic N) is 3. The van der Waals surface area contributed by atoms with Crippen molar-refractivity contribution in [3.8, 4) is 34.2 Å². The summed E-state index contributed by atoms with van der Waals surface area (Å²) in [5.74, 6) is 1.80. The first-order valence-corrected chi connectivity index (χ1v) is 18.4. The van der Waals surface area contributed by atoms with Gasteiger partial charge in [0.05, 0.1) is 4.70 Å². The molecule has 8 aromatic carbocycles. The third-order valence-electron chi connectivity index (χ3n) is 10.5. The second-order valence-corrected chi connectivity index (χ2v) is 14.6. The number of fused-ring (bicyclic) bond motifs is 13. The molecule has 0 unspecified atom stereocenters. The topological polar surface area (TPSA) is 65.0 Å². The zero-order chi connectivity index (χ0) is 34.6. The minimum Gasteiger partial charge on any atom is -0.456 e. The van der Waals surface area contributed by atoms with Crippen molar-refractivity contribution < 1.29 is 8.83 Å². The maximum absolute atomic E-state index is 6.59. The number of benzene rings is 8. The van der Waals surface area contributed by atoms with Crippen molar-refractivity contribution in [3.05, 3.63) is 152 Å². The number of rotatable bonds is 3. The van der Waals surface area contributed by atoms with Crippen LogP contribution in [0.2, 0.25) is 0 Å². The van der Waals surface area contributed by atoms with E-state index in [1.54, 1.807) is 11.3 Å². The average molecular weight is 696 g/mol. The molecular weight excluding hydrogens is 671 g/mol. The third kappa shape index (κ3) is 4.27. The molecule has 246 valence electrons. The van der Waals surface area contributed by atoms with E-state index in [1.165, 1.54) is 15.5 Å². The molecule has 53 heavy (non-hydrogen) atoms. The van der Waals surface area contributed by atoms with Crippen LogP contribution in [0.15, 0.2) is 160 Å². The van der Waals surface area contributed by atoms with Crippen molar-refractivity contribution in [2.24, 2.45) is 0 Å². The first-order valence-electron chi connectivity index (χ1n) is 17.6. The summed E-state index contributed by atoms with van der Waals surface area (Å²) in [6.45, 7) is 0. The van der Waals surface area contributed by atoms with Crippen LogP contribution in [0.25, 0.3) is 120 Å². The fourth-order valence-corrected chi connectivity index (χ4v) is 9.21. The molecule has 0 saturated carbocycles. The zero-order valence-corrected chi connectivity index (χ0v) is 28.8. The van der Waals surface area contributed by atoms with E-state index in [-0.39, 0.29) is 0 Å². The van der Waals surface area contributed by atoms with Gasteiger partial charge in [-0.25, -0.2) is 15.0 Å². The lowest BCUT2D eigenvalue weighted by atomic mass is 10.0. The maximum atomic E-state index is 6.59. The van der Waals surface area contributed by atoms with E-state index in [9.17, 15) is 0 Å². The Kier molecular flexibility index (Phi) is 5.87. The fraction of sp³-hybridized carbons (Fsp3) is 0. The molecule has 0 atom stereocenters. The summed E-state index contributed by atoms with van der Waals surface area (Å²) in [4.78, 5) is 15.7. The van der Waals surface area contributed by atoms with Gasteiger partial charge in [-0.15, -0.1) is 11.3 Å². The van der Waals surface area contributed by atoms with Gasteiger partial charge in [0.25, 0.3) is 0 Å². The Morgan fingerprint density at radius 3 is 1.96 bits per heavy atom. The fourth-order valence-electron chi connectivity index (χ4n) is 8.00. The van der Waals surface area contributed by atoms with E-state index in [2.05, 4.69) is 140 Å². The van der Waals surface area contributed by atoms with Crippen LogP contribution in [0.1, 0.15) is 0 Å². The van der Waals surface area contributed by atoms with Gasteiger partial charge in [-0.05, 0) is 64.0 Å². The molecule has 0 saturated heterocycles. The van der Waals surface area contributed by atoms with Crippen LogP contribution in [-0.2, 0) is 0 Å². The van der Waals surface area contributed by atoms with Crippen molar-refractivity contribution in [2.45, 2.75) is 0 Å². The second-order valence-electron chi connectivity index (χ2n) is 13.5. The van der Waals surface area contributed by atoms with E-state index >= 15 is 0 Å². The Morgan fingerprint density at radius 2 is 1.08 bits per heavy atom. The van der Waals surface area contributed by atoms with Gasteiger partial charge >= 0.3 is 0 Å². The van der Waals surface area contributed by atoms with Crippen LogP contribution in [0, 0.1) is 0 Å². The highest BCUT2D eigenvalue weighted by Crippen LogP contribution is 2.46. The Balaban J connectivity index is 1.15. The Bertz CT molecular complexity index is 3480. The minimum absolute atomic E-state index is 0.580. The molecule has 0 spiro atoms. The van der Waals surface area contributed by atoms with Crippen LogP contribution in [0.5, 0.6) is 0 Å². The van der Waals surface area contributed by atoms with Crippen LogP contribution >= 0.6 is 11.3 Å². The van der Waals surface area contributed by atoms with Gasteiger partial charge in [0, 0.05) is 53.7 Å². The molecular formula is C47H25N3O2S. The molecule has 0 aliphatic heterocycles. The van der Waals surface area contributed by atoms with Gasteiger partial charge in [-0.1, -0.05) is 109 Å². The lowest BCUT2D eigenvalue weighted by Crippen LogP contribution is -2.00. The van der Waals surface area contributed by atoms with Crippen LogP contribution in [0.4, 0.5) is 0 Å². The van der Waals surface area contributed by atoms with E-state index in [1.807, 2.05) is 12.1 Å². The normalized spacial score (nSPS) is 12.2. The molecule has 5 nitrogen and oxygen atoms in total. The van der Waals surface area contributed by atoms with Gasteiger partial charge in [0.1, 0.15) is 22.3 Å². The van der Waals surface area contributed by atoms with E-state index < -0.39 is 0 Å². The molecule has 4 heterocycles. The Labute approximate surface area is 305 Å². The maximum Gasteiger partial charge on any atom is 0.165 e. The largest absolute Gasteiger partial charge is 0.456 e.